The lowest BCUT2D eigenvalue weighted by Gasteiger charge is -2.37. The molecule has 3 aromatic rings. The molecule has 1 aliphatic heterocycles. The Bertz CT molecular complexity index is 777. The fraction of sp³-hybridized carbons (Fsp3) is 0.217. The summed E-state index contributed by atoms with van der Waals surface area (Å²) in [5, 5.41) is 0. The van der Waals surface area contributed by atoms with Crippen LogP contribution in [0.2, 0.25) is 0 Å². The molecular weight excluding hydrogens is 318 g/mol. The van der Waals surface area contributed by atoms with E-state index in [0.29, 0.717) is 0 Å². The van der Waals surface area contributed by atoms with Crippen molar-refractivity contribution in [3.05, 3.63) is 96.1 Å². The van der Waals surface area contributed by atoms with Crippen LogP contribution in [0.5, 0.6) is 0 Å². The van der Waals surface area contributed by atoms with E-state index in [1.807, 2.05) is 0 Å². The molecule has 0 aliphatic carbocycles. The lowest BCUT2D eigenvalue weighted by atomic mass is 10.2. The molecule has 1 heterocycles. The van der Waals surface area contributed by atoms with Crippen molar-refractivity contribution >= 4 is 11.4 Å². The molecule has 4 rings (SSSR count). The zero-order valence-corrected chi connectivity index (χ0v) is 15.4. The molecule has 0 spiro atoms. The Kier molecular flexibility index (Phi) is 4.63. The molecule has 26 heavy (non-hydrogen) atoms. The van der Waals surface area contributed by atoms with Gasteiger partial charge in [0.05, 0.1) is 11.4 Å². The average Bonchev–Trinajstić information content (AvgIpc) is 2.97. The third-order valence-corrected chi connectivity index (χ3v) is 4.91. The Balaban J connectivity index is 1.72. The SMILES string of the molecule is CN(C)C1N(Cc2ccccc2)c2ccccc2N1Cc1ccccc1. The summed E-state index contributed by atoms with van der Waals surface area (Å²) >= 11 is 0. The predicted molar refractivity (Wildman–Crippen MR) is 109 cm³/mol. The fourth-order valence-corrected chi connectivity index (χ4v) is 3.82. The van der Waals surface area contributed by atoms with Crippen LogP contribution in [0.1, 0.15) is 11.1 Å². The molecule has 0 amide bonds. The van der Waals surface area contributed by atoms with Crippen LogP contribution >= 0.6 is 0 Å². The van der Waals surface area contributed by atoms with E-state index in [0.717, 1.165) is 13.1 Å². The third kappa shape index (κ3) is 3.18. The van der Waals surface area contributed by atoms with Crippen molar-refractivity contribution < 1.29 is 0 Å². The molecule has 0 radical (unpaired) electrons. The van der Waals surface area contributed by atoms with Gasteiger partial charge in [-0.15, -0.1) is 0 Å². The topological polar surface area (TPSA) is 9.72 Å². The first-order chi connectivity index (χ1) is 12.7. The summed E-state index contributed by atoms with van der Waals surface area (Å²) in [5.41, 5.74) is 5.25. The Morgan fingerprint density at radius 2 is 1.00 bits per heavy atom. The molecule has 0 N–H and O–H groups in total. The van der Waals surface area contributed by atoms with Gasteiger partial charge in [0.15, 0.2) is 6.29 Å². The summed E-state index contributed by atoms with van der Waals surface area (Å²) in [7, 11) is 4.32. The quantitative estimate of drug-likeness (QED) is 0.672. The minimum absolute atomic E-state index is 0.188. The number of fused-ring (bicyclic) bond motifs is 1. The van der Waals surface area contributed by atoms with Gasteiger partial charge in [-0.05, 0) is 37.4 Å². The van der Waals surface area contributed by atoms with E-state index in [1.54, 1.807) is 0 Å². The molecule has 0 fully saturated rings. The van der Waals surface area contributed by atoms with Gasteiger partial charge in [-0.25, -0.2) is 0 Å². The van der Waals surface area contributed by atoms with Crippen molar-refractivity contribution in [1.29, 1.82) is 0 Å². The highest BCUT2D eigenvalue weighted by Crippen LogP contribution is 2.41. The average molecular weight is 343 g/mol. The van der Waals surface area contributed by atoms with Crippen LogP contribution in [0.25, 0.3) is 0 Å². The van der Waals surface area contributed by atoms with Crippen molar-refractivity contribution in [3.8, 4) is 0 Å². The van der Waals surface area contributed by atoms with Crippen LogP contribution < -0.4 is 9.80 Å². The predicted octanol–water partition coefficient (Wildman–Crippen LogP) is 4.56. The van der Waals surface area contributed by atoms with Gasteiger partial charge in [-0.3, -0.25) is 4.90 Å². The second-order valence-corrected chi connectivity index (χ2v) is 7.03. The van der Waals surface area contributed by atoms with Gasteiger partial charge in [-0.1, -0.05) is 72.8 Å². The molecule has 0 aromatic heterocycles. The van der Waals surface area contributed by atoms with Gasteiger partial charge < -0.3 is 9.80 Å². The normalized spacial score (nSPS) is 14.1. The number of benzene rings is 3. The van der Waals surface area contributed by atoms with Crippen molar-refractivity contribution in [1.82, 2.24) is 4.90 Å². The van der Waals surface area contributed by atoms with Gasteiger partial charge in [0.2, 0.25) is 0 Å². The van der Waals surface area contributed by atoms with Crippen molar-refractivity contribution in [2.24, 2.45) is 0 Å². The standard InChI is InChI=1S/C23H25N3/c1-24(2)23-25(17-19-11-5-3-6-12-19)21-15-9-10-16-22(21)26(23)18-20-13-7-4-8-14-20/h3-16,23H,17-18H2,1-2H3. The summed E-state index contributed by atoms with van der Waals surface area (Å²) in [6.45, 7) is 1.79. The van der Waals surface area contributed by atoms with E-state index >= 15 is 0 Å². The first-order valence-electron chi connectivity index (χ1n) is 9.10. The molecule has 0 unspecified atom stereocenters. The van der Waals surface area contributed by atoms with Gasteiger partial charge in [0, 0.05) is 13.1 Å². The number of hydrogen-bond acceptors (Lipinski definition) is 3. The second kappa shape index (κ2) is 7.22. The first-order valence-corrected chi connectivity index (χ1v) is 9.10. The number of rotatable bonds is 5. The monoisotopic (exact) mass is 343 g/mol. The minimum atomic E-state index is 0.188. The van der Waals surface area contributed by atoms with Gasteiger partial charge in [0.1, 0.15) is 0 Å². The Labute approximate surface area is 156 Å². The molecule has 0 saturated heterocycles. The highest BCUT2D eigenvalue weighted by atomic mass is 15.5. The number of para-hydroxylation sites is 2. The Morgan fingerprint density at radius 1 is 0.615 bits per heavy atom. The fourth-order valence-electron chi connectivity index (χ4n) is 3.82. The van der Waals surface area contributed by atoms with Crippen LogP contribution in [-0.2, 0) is 13.1 Å². The van der Waals surface area contributed by atoms with Crippen LogP contribution in [-0.4, -0.2) is 25.3 Å². The summed E-state index contributed by atoms with van der Waals surface area (Å²) in [6, 6.07) is 30.2. The molecule has 3 aromatic carbocycles. The molecule has 1 aliphatic rings. The lowest BCUT2D eigenvalue weighted by Crippen LogP contribution is -2.51. The van der Waals surface area contributed by atoms with E-state index in [9.17, 15) is 0 Å². The highest BCUT2D eigenvalue weighted by Gasteiger charge is 2.36. The van der Waals surface area contributed by atoms with Crippen LogP contribution in [0.3, 0.4) is 0 Å². The van der Waals surface area contributed by atoms with E-state index < -0.39 is 0 Å². The van der Waals surface area contributed by atoms with Crippen molar-refractivity contribution in [2.75, 3.05) is 23.9 Å². The van der Waals surface area contributed by atoms with E-state index in [4.69, 9.17) is 0 Å². The zero-order chi connectivity index (χ0) is 17.9. The van der Waals surface area contributed by atoms with Gasteiger partial charge in [0.25, 0.3) is 0 Å². The number of anilines is 2. The number of hydrogen-bond donors (Lipinski definition) is 0. The maximum absolute atomic E-state index is 2.49. The van der Waals surface area contributed by atoms with E-state index in [2.05, 4.69) is 114 Å². The van der Waals surface area contributed by atoms with Crippen molar-refractivity contribution in [2.45, 2.75) is 19.4 Å². The largest absolute Gasteiger partial charge is 0.333 e. The zero-order valence-electron chi connectivity index (χ0n) is 15.4. The smallest absolute Gasteiger partial charge is 0.160 e. The summed E-state index contributed by atoms with van der Waals surface area (Å²) in [5.74, 6) is 0. The molecule has 0 atom stereocenters. The van der Waals surface area contributed by atoms with Crippen molar-refractivity contribution in [3.63, 3.8) is 0 Å². The molecule has 0 saturated carbocycles. The third-order valence-electron chi connectivity index (χ3n) is 4.91. The summed E-state index contributed by atoms with van der Waals surface area (Å²) in [6.07, 6.45) is 0.188. The van der Waals surface area contributed by atoms with Crippen LogP contribution in [0, 0.1) is 0 Å². The molecule has 0 bridgehead atoms. The lowest BCUT2D eigenvalue weighted by molar-refractivity contribution is 0.278. The first kappa shape index (κ1) is 16.7. The Morgan fingerprint density at radius 3 is 1.38 bits per heavy atom. The molecular formula is C23H25N3. The maximum Gasteiger partial charge on any atom is 0.160 e. The summed E-state index contributed by atoms with van der Waals surface area (Å²) < 4.78 is 0. The maximum atomic E-state index is 2.49. The highest BCUT2D eigenvalue weighted by molar-refractivity contribution is 5.77. The minimum Gasteiger partial charge on any atom is -0.333 e. The van der Waals surface area contributed by atoms with Crippen LogP contribution in [0.4, 0.5) is 11.4 Å². The molecule has 3 nitrogen and oxygen atoms in total. The molecule has 132 valence electrons. The van der Waals surface area contributed by atoms with E-state index in [-0.39, 0.29) is 6.29 Å². The molecule has 3 heteroatoms. The second-order valence-electron chi connectivity index (χ2n) is 7.03. The van der Waals surface area contributed by atoms with Gasteiger partial charge >= 0.3 is 0 Å². The number of nitrogens with zero attached hydrogens (tertiary/aromatic N) is 3. The Hall–Kier alpha value is -2.78. The summed E-state index contributed by atoms with van der Waals surface area (Å²) in [4.78, 5) is 7.28. The van der Waals surface area contributed by atoms with Gasteiger partial charge in [-0.2, -0.15) is 0 Å². The van der Waals surface area contributed by atoms with E-state index in [1.165, 1.54) is 22.5 Å². The van der Waals surface area contributed by atoms with Crippen LogP contribution in [0.15, 0.2) is 84.9 Å².